The highest BCUT2D eigenvalue weighted by Gasteiger charge is 2.49. The van der Waals surface area contributed by atoms with Crippen LogP contribution < -0.4 is 10.6 Å². The lowest BCUT2D eigenvalue weighted by Gasteiger charge is -2.29. The van der Waals surface area contributed by atoms with Crippen LogP contribution in [0.4, 0.5) is 23.7 Å². The van der Waals surface area contributed by atoms with Gasteiger partial charge in [0.2, 0.25) is 5.91 Å². The number of rotatable bonds is 4. The van der Waals surface area contributed by atoms with Gasteiger partial charge in [-0.15, -0.1) is 0 Å². The summed E-state index contributed by atoms with van der Waals surface area (Å²) in [5.74, 6) is -0.864. The van der Waals surface area contributed by atoms with E-state index in [2.05, 4.69) is 10.6 Å². The first kappa shape index (κ1) is 21.5. The second kappa shape index (κ2) is 7.93. The van der Waals surface area contributed by atoms with E-state index in [1.165, 1.54) is 24.3 Å². The molecule has 0 spiro atoms. The van der Waals surface area contributed by atoms with E-state index in [1.54, 1.807) is 20.8 Å². The maximum atomic E-state index is 12.9. The molecule has 2 bridgehead atoms. The summed E-state index contributed by atoms with van der Waals surface area (Å²) in [7, 11) is 0. The SMILES string of the molecule is CC(C)(C)OC(=O)N[C@H]1C(C(=O)Nc2cccc(SC(F)(F)F)c2)[C@@H]2C=C[C@H]1C2. The van der Waals surface area contributed by atoms with Gasteiger partial charge in [0.05, 0.1) is 12.0 Å². The summed E-state index contributed by atoms with van der Waals surface area (Å²) in [5, 5.41) is 5.50. The molecule has 1 saturated carbocycles. The van der Waals surface area contributed by atoms with Gasteiger partial charge in [-0.05, 0) is 69.0 Å². The molecule has 4 atom stereocenters. The Morgan fingerprint density at radius 2 is 1.83 bits per heavy atom. The molecule has 0 heterocycles. The molecular weight excluding hydrogens is 405 g/mol. The number of thioether (sulfide) groups is 1. The quantitative estimate of drug-likeness (QED) is 0.526. The van der Waals surface area contributed by atoms with E-state index in [0.29, 0.717) is 0 Å². The summed E-state index contributed by atoms with van der Waals surface area (Å²) in [6, 6.07) is 5.20. The Balaban J connectivity index is 1.70. The standard InChI is InChI=1S/C20H23F3N2O3S/c1-19(2,3)28-18(27)25-16-12-8-7-11(9-12)15(16)17(26)24-13-5-4-6-14(10-13)29-20(21,22)23/h4-8,10-12,15-16H,9H2,1-3H3,(H,24,26)(H,25,27)/t11-,12+,15?,16-/m1/s1. The minimum atomic E-state index is -4.40. The molecule has 1 unspecified atom stereocenters. The van der Waals surface area contributed by atoms with E-state index >= 15 is 0 Å². The number of ether oxygens (including phenoxy) is 1. The number of benzene rings is 1. The van der Waals surface area contributed by atoms with Crippen LogP contribution in [0.3, 0.4) is 0 Å². The molecule has 158 valence electrons. The molecule has 0 saturated heterocycles. The van der Waals surface area contributed by atoms with E-state index in [-0.39, 0.29) is 40.1 Å². The maximum Gasteiger partial charge on any atom is 0.446 e. The average Bonchev–Trinajstić information content (AvgIpc) is 3.12. The first-order chi connectivity index (χ1) is 13.4. The van der Waals surface area contributed by atoms with Crippen LogP contribution in [0.25, 0.3) is 0 Å². The summed E-state index contributed by atoms with van der Waals surface area (Å²) in [4.78, 5) is 25.1. The molecule has 0 aromatic heterocycles. The monoisotopic (exact) mass is 428 g/mol. The number of halogens is 3. The normalized spacial score (nSPS) is 25.7. The van der Waals surface area contributed by atoms with Crippen LogP contribution in [0.1, 0.15) is 27.2 Å². The number of allylic oxidation sites excluding steroid dienone is 1. The van der Waals surface area contributed by atoms with Gasteiger partial charge in [0, 0.05) is 10.6 Å². The number of hydrogen-bond donors (Lipinski definition) is 2. The van der Waals surface area contributed by atoms with Crippen molar-refractivity contribution in [3.8, 4) is 0 Å². The van der Waals surface area contributed by atoms with E-state index in [4.69, 9.17) is 4.74 Å². The Morgan fingerprint density at radius 3 is 2.48 bits per heavy atom. The van der Waals surface area contributed by atoms with Crippen LogP contribution in [0.15, 0.2) is 41.3 Å². The van der Waals surface area contributed by atoms with Gasteiger partial charge in [-0.2, -0.15) is 13.2 Å². The molecule has 2 N–H and O–H groups in total. The van der Waals surface area contributed by atoms with Gasteiger partial charge in [0.25, 0.3) is 0 Å². The predicted octanol–water partition coefficient (Wildman–Crippen LogP) is 4.95. The largest absolute Gasteiger partial charge is 0.446 e. The summed E-state index contributed by atoms with van der Waals surface area (Å²) in [6.45, 7) is 5.26. The fraction of sp³-hybridized carbons (Fsp3) is 0.500. The van der Waals surface area contributed by atoms with Crippen molar-refractivity contribution in [3.05, 3.63) is 36.4 Å². The molecule has 5 nitrogen and oxygen atoms in total. The van der Waals surface area contributed by atoms with Crippen molar-refractivity contribution in [1.82, 2.24) is 5.32 Å². The molecule has 2 amide bonds. The Bertz CT molecular complexity index is 820. The number of anilines is 1. The Labute approximate surface area is 171 Å². The molecule has 1 aromatic carbocycles. The van der Waals surface area contributed by atoms with Crippen LogP contribution in [-0.4, -0.2) is 29.2 Å². The maximum absolute atomic E-state index is 12.9. The second-order valence-electron chi connectivity index (χ2n) is 8.21. The van der Waals surface area contributed by atoms with E-state index in [1.807, 2.05) is 12.2 Å². The Kier molecular flexibility index (Phi) is 5.89. The van der Waals surface area contributed by atoms with Crippen molar-refractivity contribution >= 4 is 29.4 Å². The van der Waals surface area contributed by atoms with Crippen molar-refractivity contribution in [2.75, 3.05) is 5.32 Å². The smallest absolute Gasteiger partial charge is 0.444 e. The molecule has 3 rings (SSSR count). The fourth-order valence-corrected chi connectivity index (χ4v) is 4.42. The van der Waals surface area contributed by atoms with Crippen molar-refractivity contribution in [2.24, 2.45) is 17.8 Å². The first-order valence-electron chi connectivity index (χ1n) is 9.26. The highest BCUT2D eigenvalue weighted by atomic mass is 32.2. The van der Waals surface area contributed by atoms with Gasteiger partial charge in [0.15, 0.2) is 0 Å². The molecule has 9 heteroatoms. The summed E-state index contributed by atoms with van der Waals surface area (Å²) < 4.78 is 43.1. The third kappa shape index (κ3) is 5.68. The minimum absolute atomic E-state index is 0.00781. The number of alkyl halides is 3. The first-order valence-corrected chi connectivity index (χ1v) is 10.1. The average molecular weight is 428 g/mol. The van der Waals surface area contributed by atoms with Crippen LogP contribution in [0.2, 0.25) is 0 Å². The Morgan fingerprint density at radius 1 is 1.14 bits per heavy atom. The van der Waals surface area contributed by atoms with Crippen LogP contribution >= 0.6 is 11.8 Å². The van der Waals surface area contributed by atoms with E-state index < -0.39 is 29.2 Å². The fourth-order valence-electron chi connectivity index (χ4n) is 3.82. The number of hydrogen-bond acceptors (Lipinski definition) is 4. The van der Waals surface area contributed by atoms with E-state index in [9.17, 15) is 22.8 Å². The lowest BCUT2D eigenvalue weighted by Crippen LogP contribution is -2.48. The van der Waals surface area contributed by atoms with Gasteiger partial charge in [-0.3, -0.25) is 4.79 Å². The van der Waals surface area contributed by atoms with Crippen molar-refractivity contribution in [3.63, 3.8) is 0 Å². The second-order valence-corrected chi connectivity index (χ2v) is 9.35. The molecule has 1 fully saturated rings. The van der Waals surface area contributed by atoms with Crippen molar-refractivity contribution in [2.45, 2.75) is 49.2 Å². The molecular formula is C20H23F3N2O3S. The zero-order chi connectivity index (χ0) is 21.4. The van der Waals surface area contributed by atoms with Crippen molar-refractivity contribution in [1.29, 1.82) is 0 Å². The minimum Gasteiger partial charge on any atom is -0.444 e. The van der Waals surface area contributed by atoms with Crippen LogP contribution in [0, 0.1) is 17.8 Å². The Hall–Kier alpha value is -2.16. The van der Waals surface area contributed by atoms with Crippen molar-refractivity contribution < 1.29 is 27.5 Å². The number of carbonyl (C=O) groups excluding carboxylic acids is 2. The third-order valence-electron chi connectivity index (χ3n) is 4.78. The zero-order valence-corrected chi connectivity index (χ0v) is 17.1. The molecule has 2 aliphatic carbocycles. The van der Waals surface area contributed by atoms with Gasteiger partial charge in [-0.25, -0.2) is 4.79 Å². The lowest BCUT2D eigenvalue weighted by molar-refractivity contribution is -0.121. The third-order valence-corrected chi connectivity index (χ3v) is 5.50. The molecule has 0 radical (unpaired) electrons. The summed E-state index contributed by atoms with van der Waals surface area (Å²) in [6.07, 6.45) is 4.09. The van der Waals surface area contributed by atoms with Gasteiger partial charge >= 0.3 is 11.6 Å². The molecule has 0 aliphatic heterocycles. The molecule has 2 aliphatic rings. The molecule has 29 heavy (non-hydrogen) atoms. The summed E-state index contributed by atoms with van der Waals surface area (Å²) in [5.41, 5.74) is -4.78. The summed E-state index contributed by atoms with van der Waals surface area (Å²) >= 11 is -0.235. The van der Waals surface area contributed by atoms with Gasteiger partial charge in [0.1, 0.15) is 5.60 Å². The molecule has 1 aromatic rings. The number of alkyl carbamates (subject to hydrolysis) is 1. The van der Waals surface area contributed by atoms with Crippen LogP contribution in [-0.2, 0) is 9.53 Å². The number of nitrogens with one attached hydrogen (secondary N) is 2. The number of carbonyl (C=O) groups is 2. The topological polar surface area (TPSA) is 67.4 Å². The highest BCUT2D eigenvalue weighted by Crippen LogP contribution is 2.44. The lowest BCUT2D eigenvalue weighted by atomic mass is 9.88. The zero-order valence-electron chi connectivity index (χ0n) is 16.2. The predicted molar refractivity (Wildman–Crippen MR) is 104 cm³/mol. The number of amides is 2. The number of fused-ring (bicyclic) bond motifs is 2. The van der Waals surface area contributed by atoms with E-state index in [0.717, 1.165) is 6.42 Å². The van der Waals surface area contributed by atoms with Crippen LogP contribution in [0.5, 0.6) is 0 Å². The van der Waals surface area contributed by atoms with Gasteiger partial charge in [-0.1, -0.05) is 18.2 Å². The highest BCUT2D eigenvalue weighted by molar-refractivity contribution is 8.00. The van der Waals surface area contributed by atoms with Gasteiger partial charge < -0.3 is 15.4 Å².